The van der Waals surface area contributed by atoms with Gasteiger partial charge in [-0.2, -0.15) is 4.31 Å². The van der Waals surface area contributed by atoms with E-state index in [4.69, 9.17) is 0 Å². The zero-order chi connectivity index (χ0) is 20.0. The lowest BCUT2D eigenvalue weighted by Gasteiger charge is -2.35. The molecular weight excluding hydrogens is 412 g/mol. The summed E-state index contributed by atoms with van der Waals surface area (Å²) in [5.74, 6) is 0. The molecule has 8 nitrogen and oxygen atoms in total. The standard InChI is InChI=1S/C16H18N2O6S3/c1-3-17(27(23,24)15-7-5-4-6-13(15)18(19)20)14-10-11(2)26(21,22)16-12(14)8-9-25-16/h4-9,11,14H,3,10H2,1-2H3/t11-,14-/m0/s1. The number of sulfone groups is 1. The minimum absolute atomic E-state index is 0.0566. The van der Waals surface area contributed by atoms with Crippen molar-refractivity contribution in [2.75, 3.05) is 6.54 Å². The number of sulfonamides is 1. The minimum atomic E-state index is -4.21. The zero-order valence-electron chi connectivity index (χ0n) is 14.6. The summed E-state index contributed by atoms with van der Waals surface area (Å²) in [6.07, 6.45) is 0.0970. The molecule has 146 valence electrons. The Morgan fingerprint density at radius 2 is 1.96 bits per heavy atom. The Morgan fingerprint density at radius 3 is 2.59 bits per heavy atom. The summed E-state index contributed by atoms with van der Waals surface area (Å²) in [5, 5.41) is 12.2. The zero-order valence-corrected chi connectivity index (χ0v) is 17.1. The summed E-state index contributed by atoms with van der Waals surface area (Å²) in [6, 6.07) is 6.10. The van der Waals surface area contributed by atoms with E-state index in [9.17, 15) is 26.9 Å². The summed E-state index contributed by atoms with van der Waals surface area (Å²) in [6.45, 7) is 3.24. The van der Waals surface area contributed by atoms with Crippen molar-refractivity contribution in [1.29, 1.82) is 0 Å². The fourth-order valence-corrected chi connectivity index (χ4v) is 8.31. The number of hydrogen-bond donors (Lipinski definition) is 0. The molecule has 0 amide bonds. The lowest BCUT2D eigenvalue weighted by Crippen LogP contribution is -2.40. The predicted molar refractivity (Wildman–Crippen MR) is 101 cm³/mol. The molecule has 0 radical (unpaired) electrons. The van der Waals surface area contributed by atoms with E-state index in [0.717, 1.165) is 21.7 Å². The van der Waals surface area contributed by atoms with Crippen molar-refractivity contribution in [2.24, 2.45) is 0 Å². The molecule has 1 aromatic carbocycles. The van der Waals surface area contributed by atoms with Crippen molar-refractivity contribution < 1.29 is 21.8 Å². The Kier molecular flexibility index (Phi) is 5.14. The summed E-state index contributed by atoms with van der Waals surface area (Å²) < 4.78 is 52.9. The number of para-hydroxylation sites is 1. The van der Waals surface area contributed by atoms with E-state index >= 15 is 0 Å². The third-order valence-electron chi connectivity index (χ3n) is 4.67. The Morgan fingerprint density at radius 1 is 1.30 bits per heavy atom. The van der Waals surface area contributed by atoms with Gasteiger partial charge in [0, 0.05) is 12.6 Å². The monoisotopic (exact) mass is 430 g/mol. The van der Waals surface area contributed by atoms with Crippen molar-refractivity contribution in [3.05, 3.63) is 51.4 Å². The lowest BCUT2D eigenvalue weighted by atomic mass is 10.1. The van der Waals surface area contributed by atoms with E-state index in [1.165, 1.54) is 18.2 Å². The van der Waals surface area contributed by atoms with Crippen LogP contribution in [0.3, 0.4) is 0 Å². The van der Waals surface area contributed by atoms with Gasteiger partial charge >= 0.3 is 0 Å². The highest BCUT2D eigenvalue weighted by Gasteiger charge is 2.44. The summed E-state index contributed by atoms with van der Waals surface area (Å²) in [5.41, 5.74) is -0.0694. The Hall–Kier alpha value is -1.82. The first-order valence-corrected chi connectivity index (χ1v) is 12.1. The van der Waals surface area contributed by atoms with Crippen LogP contribution in [-0.2, 0) is 19.9 Å². The minimum Gasteiger partial charge on any atom is -0.258 e. The highest BCUT2D eigenvalue weighted by molar-refractivity contribution is 7.94. The summed E-state index contributed by atoms with van der Waals surface area (Å²) in [4.78, 5) is 10.2. The normalized spacial score (nSPS) is 21.7. The molecule has 0 spiro atoms. The van der Waals surface area contributed by atoms with Crippen molar-refractivity contribution in [1.82, 2.24) is 4.31 Å². The van der Waals surface area contributed by atoms with E-state index in [1.807, 2.05) is 0 Å². The van der Waals surface area contributed by atoms with Gasteiger partial charge in [-0.15, -0.1) is 11.3 Å². The molecule has 3 rings (SSSR count). The maximum absolute atomic E-state index is 13.3. The molecule has 1 aliphatic heterocycles. The second-order valence-electron chi connectivity index (χ2n) is 6.20. The van der Waals surface area contributed by atoms with Crippen molar-refractivity contribution in [2.45, 2.75) is 40.7 Å². The van der Waals surface area contributed by atoms with Crippen molar-refractivity contribution >= 4 is 36.9 Å². The molecule has 1 aliphatic rings. The number of thiophene rings is 1. The maximum Gasteiger partial charge on any atom is 0.289 e. The van der Waals surface area contributed by atoms with Crippen LogP contribution in [0.4, 0.5) is 5.69 Å². The number of nitro benzene ring substituents is 1. The maximum atomic E-state index is 13.3. The molecule has 0 saturated heterocycles. The summed E-state index contributed by atoms with van der Waals surface area (Å²) in [7, 11) is -7.70. The predicted octanol–water partition coefficient (Wildman–Crippen LogP) is 2.97. The number of rotatable bonds is 5. The van der Waals surface area contributed by atoms with Crippen LogP contribution in [0.25, 0.3) is 0 Å². The molecule has 2 atom stereocenters. The fraction of sp³-hybridized carbons (Fsp3) is 0.375. The second kappa shape index (κ2) is 6.97. The quantitative estimate of drug-likeness (QED) is 0.532. The molecule has 0 unspecified atom stereocenters. The van der Waals surface area contributed by atoms with Gasteiger partial charge in [0.1, 0.15) is 4.21 Å². The molecule has 27 heavy (non-hydrogen) atoms. The van der Waals surface area contributed by atoms with Crippen LogP contribution in [0, 0.1) is 10.1 Å². The van der Waals surface area contributed by atoms with Gasteiger partial charge in [0.15, 0.2) is 14.7 Å². The van der Waals surface area contributed by atoms with Gasteiger partial charge in [0.05, 0.1) is 16.2 Å². The van der Waals surface area contributed by atoms with Crippen LogP contribution < -0.4 is 0 Å². The molecule has 2 heterocycles. The molecular formula is C16H18N2O6S3. The third-order valence-corrected chi connectivity index (χ3v) is 10.4. The van der Waals surface area contributed by atoms with Crippen molar-refractivity contribution in [3.63, 3.8) is 0 Å². The molecule has 0 saturated carbocycles. The lowest BCUT2D eigenvalue weighted by molar-refractivity contribution is -0.387. The average Bonchev–Trinajstić information content (AvgIpc) is 3.11. The first-order chi connectivity index (χ1) is 12.6. The SMILES string of the molecule is CCN([C@H]1C[C@H](C)S(=O)(=O)c2sccc21)S(=O)(=O)c1ccccc1[N+](=O)[O-]. The molecule has 0 fully saturated rings. The van der Waals surface area contributed by atoms with Crippen LogP contribution in [-0.4, -0.2) is 37.9 Å². The molecule has 0 aliphatic carbocycles. The first-order valence-electron chi connectivity index (χ1n) is 8.19. The number of hydrogen-bond acceptors (Lipinski definition) is 7. The van der Waals surface area contributed by atoms with Gasteiger partial charge in [0.25, 0.3) is 5.69 Å². The largest absolute Gasteiger partial charge is 0.289 e. The first kappa shape index (κ1) is 19.9. The Labute approximate surface area is 161 Å². The average molecular weight is 431 g/mol. The number of nitro groups is 1. The van der Waals surface area contributed by atoms with Gasteiger partial charge in [0.2, 0.25) is 10.0 Å². The Bertz CT molecular complexity index is 1090. The second-order valence-corrected chi connectivity index (χ2v) is 11.5. The highest BCUT2D eigenvalue weighted by Crippen LogP contribution is 2.44. The molecule has 0 bridgehead atoms. The number of benzene rings is 1. The van der Waals surface area contributed by atoms with Gasteiger partial charge < -0.3 is 0 Å². The molecule has 0 N–H and O–H groups in total. The molecule has 1 aromatic heterocycles. The highest BCUT2D eigenvalue weighted by atomic mass is 32.2. The van der Waals surface area contributed by atoms with Gasteiger partial charge in [-0.05, 0) is 36.4 Å². The Balaban J connectivity index is 2.15. The number of fused-ring (bicyclic) bond motifs is 1. The van der Waals surface area contributed by atoms with E-state index in [2.05, 4.69) is 0 Å². The summed E-state index contributed by atoms with van der Waals surface area (Å²) >= 11 is 1.06. The van der Waals surface area contributed by atoms with Crippen LogP contribution in [0.1, 0.15) is 31.9 Å². The van der Waals surface area contributed by atoms with E-state index in [-0.39, 0.29) is 17.2 Å². The topological polar surface area (TPSA) is 115 Å². The van der Waals surface area contributed by atoms with E-state index in [0.29, 0.717) is 5.56 Å². The smallest absolute Gasteiger partial charge is 0.258 e. The number of nitrogens with zero attached hydrogens (tertiary/aromatic N) is 2. The van der Waals surface area contributed by atoms with Crippen LogP contribution >= 0.6 is 11.3 Å². The van der Waals surface area contributed by atoms with Crippen LogP contribution in [0.15, 0.2) is 44.8 Å². The van der Waals surface area contributed by atoms with E-state index < -0.39 is 46.7 Å². The van der Waals surface area contributed by atoms with E-state index in [1.54, 1.807) is 25.3 Å². The van der Waals surface area contributed by atoms with Gasteiger partial charge in [-0.25, -0.2) is 16.8 Å². The van der Waals surface area contributed by atoms with Crippen LogP contribution in [0.5, 0.6) is 0 Å². The fourth-order valence-electron chi connectivity index (χ4n) is 3.32. The van der Waals surface area contributed by atoms with Gasteiger partial charge in [-0.3, -0.25) is 10.1 Å². The third kappa shape index (κ3) is 3.18. The van der Waals surface area contributed by atoms with Gasteiger partial charge in [-0.1, -0.05) is 19.1 Å². The molecule has 2 aromatic rings. The molecule has 11 heteroatoms. The van der Waals surface area contributed by atoms with Crippen LogP contribution in [0.2, 0.25) is 0 Å². The van der Waals surface area contributed by atoms with Crippen molar-refractivity contribution in [3.8, 4) is 0 Å².